The molecule has 3 aromatic carbocycles. The van der Waals surface area contributed by atoms with Crippen LogP contribution < -0.4 is 4.31 Å². The molecule has 11 heteroatoms. The van der Waals surface area contributed by atoms with E-state index in [1.807, 2.05) is 13.8 Å². The Balaban J connectivity index is 1.89. The van der Waals surface area contributed by atoms with Crippen molar-refractivity contribution in [3.05, 3.63) is 99.3 Å². The predicted molar refractivity (Wildman–Crippen MR) is 144 cm³/mol. The molecule has 1 heterocycles. The van der Waals surface area contributed by atoms with Crippen molar-refractivity contribution in [3.8, 4) is 0 Å². The van der Waals surface area contributed by atoms with Crippen LogP contribution in [0, 0.1) is 23.0 Å². The van der Waals surface area contributed by atoms with E-state index in [1.165, 1.54) is 49.6 Å². The van der Waals surface area contributed by atoms with Crippen LogP contribution in [0.1, 0.15) is 45.9 Å². The number of rotatable bonds is 8. The lowest BCUT2D eigenvalue weighted by atomic mass is 10.0. The number of fused-ring (bicyclic) bond motifs is 1. The lowest BCUT2D eigenvalue weighted by Gasteiger charge is -2.23. The van der Waals surface area contributed by atoms with Crippen LogP contribution in [0.5, 0.6) is 0 Å². The molecule has 1 amide bonds. The number of methoxy groups -OCH3 is 1. The molecule has 0 fully saturated rings. The van der Waals surface area contributed by atoms with E-state index >= 15 is 0 Å². The topological polar surface area (TPSA) is 137 Å². The average Bonchev–Trinajstić information content (AvgIpc) is 3.23. The number of esters is 1. The van der Waals surface area contributed by atoms with Crippen molar-refractivity contribution in [2.75, 3.05) is 11.4 Å². The minimum absolute atomic E-state index is 0.0527. The number of aryl methyl sites for hydroxylation is 1. The van der Waals surface area contributed by atoms with E-state index < -0.39 is 26.8 Å². The zero-order chi connectivity index (χ0) is 28.5. The number of carbonyl (C=O) groups is 2. The van der Waals surface area contributed by atoms with Crippen molar-refractivity contribution >= 4 is 44.2 Å². The highest BCUT2D eigenvalue weighted by molar-refractivity contribution is 7.93. The molecular formula is C28H26N2O8S. The maximum atomic E-state index is 14.0. The number of hydrogen-bond donors (Lipinski definition) is 0. The van der Waals surface area contributed by atoms with Gasteiger partial charge < -0.3 is 9.15 Å². The maximum absolute atomic E-state index is 14.0. The Labute approximate surface area is 225 Å². The lowest BCUT2D eigenvalue weighted by Crippen LogP contribution is -2.37. The SMILES string of the molecule is COC(=O)c1c(C)oc2ccc(N(C(=O)c3ccc([N+](=O)[O-])cc3)S(=O)(=O)c3ccc(CC(C)C)cc3)cc12. The van der Waals surface area contributed by atoms with E-state index in [9.17, 15) is 28.1 Å². The van der Waals surface area contributed by atoms with Gasteiger partial charge in [0, 0.05) is 23.1 Å². The summed E-state index contributed by atoms with van der Waals surface area (Å²) in [6, 6.07) is 15.1. The number of hydrogen-bond acceptors (Lipinski definition) is 8. The molecule has 4 aromatic rings. The smallest absolute Gasteiger partial charge is 0.342 e. The Morgan fingerprint density at radius 3 is 2.23 bits per heavy atom. The van der Waals surface area contributed by atoms with Crippen LogP contribution in [0.25, 0.3) is 11.0 Å². The Bertz CT molecular complexity index is 1670. The molecular weight excluding hydrogens is 524 g/mol. The molecule has 0 aliphatic heterocycles. The molecule has 0 saturated carbocycles. The molecule has 39 heavy (non-hydrogen) atoms. The van der Waals surface area contributed by atoms with Gasteiger partial charge in [-0.05, 0) is 67.3 Å². The number of nitro benzene ring substituents is 1. The molecule has 0 atom stereocenters. The molecule has 0 bridgehead atoms. The molecule has 202 valence electrons. The van der Waals surface area contributed by atoms with Crippen molar-refractivity contribution in [1.29, 1.82) is 0 Å². The number of carbonyl (C=O) groups excluding carboxylic acids is 2. The summed E-state index contributed by atoms with van der Waals surface area (Å²) in [6.45, 7) is 5.66. The van der Waals surface area contributed by atoms with Gasteiger partial charge in [-0.2, -0.15) is 4.31 Å². The normalized spacial score (nSPS) is 11.5. The molecule has 0 saturated heterocycles. The second kappa shape index (κ2) is 10.7. The van der Waals surface area contributed by atoms with Crippen molar-refractivity contribution < 1.29 is 32.1 Å². The summed E-state index contributed by atoms with van der Waals surface area (Å²) in [4.78, 5) is 36.5. The predicted octanol–water partition coefficient (Wildman–Crippen LogP) is 5.67. The molecule has 1 aromatic heterocycles. The van der Waals surface area contributed by atoms with Gasteiger partial charge in [0.2, 0.25) is 0 Å². The van der Waals surface area contributed by atoms with Crippen molar-refractivity contribution in [3.63, 3.8) is 0 Å². The summed E-state index contributed by atoms with van der Waals surface area (Å²) < 4.78 is 39.0. The van der Waals surface area contributed by atoms with Gasteiger partial charge in [-0.1, -0.05) is 26.0 Å². The van der Waals surface area contributed by atoms with E-state index in [2.05, 4.69) is 0 Å². The largest absolute Gasteiger partial charge is 0.465 e. The van der Waals surface area contributed by atoms with Crippen LogP contribution in [0.4, 0.5) is 11.4 Å². The summed E-state index contributed by atoms with van der Waals surface area (Å²) in [5, 5.41) is 11.3. The average molecular weight is 551 g/mol. The lowest BCUT2D eigenvalue weighted by molar-refractivity contribution is -0.384. The van der Waals surface area contributed by atoms with Crippen molar-refractivity contribution in [2.45, 2.75) is 32.1 Å². The van der Waals surface area contributed by atoms with Gasteiger partial charge in [0.1, 0.15) is 16.9 Å². The van der Waals surface area contributed by atoms with Crippen molar-refractivity contribution in [1.82, 2.24) is 0 Å². The third-order valence-electron chi connectivity index (χ3n) is 6.09. The summed E-state index contributed by atoms with van der Waals surface area (Å²) in [5.41, 5.74) is 0.956. The van der Waals surface area contributed by atoms with Crippen LogP contribution >= 0.6 is 0 Å². The van der Waals surface area contributed by atoms with Crippen molar-refractivity contribution in [2.24, 2.45) is 5.92 Å². The van der Waals surface area contributed by atoms with Gasteiger partial charge in [0.25, 0.3) is 21.6 Å². The van der Waals surface area contributed by atoms with E-state index in [-0.39, 0.29) is 38.5 Å². The van der Waals surface area contributed by atoms with E-state index in [0.717, 1.165) is 24.1 Å². The Hall–Kier alpha value is -4.51. The number of ether oxygens (including phenoxy) is 1. The number of furan rings is 1. The van der Waals surface area contributed by atoms with Crippen LogP contribution in [-0.4, -0.2) is 32.3 Å². The number of sulfonamides is 1. The molecule has 4 rings (SSSR count). The van der Waals surface area contributed by atoms with Crippen LogP contribution in [0.2, 0.25) is 0 Å². The fourth-order valence-corrected chi connectivity index (χ4v) is 5.68. The van der Waals surface area contributed by atoms with Gasteiger partial charge >= 0.3 is 5.97 Å². The Morgan fingerprint density at radius 1 is 1.03 bits per heavy atom. The number of amides is 1. The molecule has 0 radical (unpaired) electrons. The Morgan fingerprint density at radius 2 is 1.67 bits per heavy atom. The number of benzene rings is 3. The third-order valence-corrected chi connectivity index (χ3v) is 7.81. The van der Waals surface area contributed by atoms with Gasteiger partial charge in [-0.15, -0.1) is 0 Å². The fraction of sp³-hybridized carbons (Fsp3) is 0.214. The van der Waals surface area contributed by atoms with Gasteiger partial charge in [-0.25, -0.2) is 13.2 Å². The first-order chi connectivity index (χ1) is 18.4. The second-order valence-electron chi connectivity index (χ2n) is 9.33. The van der Waals surface area contributed by atoms with E-state index in [4.69, 9.17) is 9.15 Å². The van der Waals surface area contributed by atoms with E-state index in [1.54, 1.807) is 19.1 Å². The zero-order valence-electron chi connectivity index (χ0n) is 21.7. The van der Waals surface area contributed by atoms with Gasteiger partial charge in [-0.3, -0.25) is 14.9 Å². The standard InChI is InChI=1S/C28H26N2O8S/c1-17(2)15-19-5-12-23(13-6-19)39(35,36)29(27(31)20-7-9-21(10-8-20)30(33)34)22-11-14-25-24(16-22)26(18(3)38-25)28(32)37-4/h5-14,16-17H,15H2,1-4H3. The molecule has 0 N–H and O–H groups in total. The molecule has 0 spiro atoms. The third kappa shape index (κ3) is 5.39. The summed E-state index contributed by atoms with van der Waals surface area (Å²) in [6.07, 6.45) is 0.749. The van der Waals surface area contributed by atoms with Crippen LogP contribution in [0.3, 0.4) is 0 Å². The number of nitro groups is 1. The first-order valence-corrected chi connectivity index (χ1v) is 13.4. The summed E-state index contributed by atoms with van der Waals surface area (Å²) in [7, 11) is -3.26. The first-order valence-electron chi connectivity index (χ1n) is 12.0. The highest BCUT2D eigenvalue weighted by Gasteiger charge is 2.33. The zero-order valence-corrected chi connectivity index (χ0v) is 22.5. The number of non-ortho nitro benzene ring substituents is 1. The minimum atomic E-state index is -4.47. The van der Waals surface area contributed by atoms with Gasteiger partial charge in [0.05, 0.1) is 22.6 Å². The molecule has 0 aliphatic rings. The van der Waals surface area contributed by atoms with Gasteiger partial charge in [0.15, 0.2) is 0 Å². The van der Waals surface area contributed by atoms with Crippen LogP contribution in [-0.2, 0) is 21.2 Å². The highest BCUT2D eigenvalue weighted by Crippen LogP contribution is 2.33. The fourth-order valence-electron chi connectivity index (χ4n) is 4.27. The van der Waals surface area contributed by atoms with Crippen LogP contribution in [0.15, 0.2) is 76.0 Å². The molecule has 0 unspecified atom stereocenters. The molecule has 10 nitrogen and oxygen atoms in total. The first kappa shape index (κ1) is 27.5. The monoisotopic (exact) mass is 550 g/mol. The number of anilines is 1. The summed E-state index contributed by atoms with van der Waals surface area (Å²) in [5.74, 6) is -0.983. The molecule has 0 aliphatic carbocycles. The summed E-state index contributed by atoms with van der Waals surface area (Å²) >= 11 is 0. The van der Waals surface area contributed by atoms with E-state index in [0.29, 0.717) is 15.8 Å². The Kier molecular flexibility index (Phi) is 7.55. The number of nitrogens with zero attached hydrogens (tertiary/aromatic N) is 2. The minimum Gasteiger partial charge on any atom is -0.465 e. The maximum Gasteiger partial charge on any atom is 0.342 e. The second-order valence-corrected chi connectivity index (χ2v) is 11.1. The quantitative estimate of drug-likeness (QED) is 0.155. The highest BCUT2D eigenvalue weighted by atomic mass is 32.2.